The second-order valence-electron chi connectivity index (χ2n) is 9.76. The molecule has 1 aliphatic heterocycles. The molecule has 0 aromatic rings. The van der Waals surface area contributed by atoms with Gasteiger partial charge in [0.15, 0.2) is 0 Å². The van der Waals surface area contributed by atoms with Crippen molar-refractivity contribution in [1.29, 1.82) is 0 Å². The highest BCUT2D eigenvalue weighted by Gasteiger charge is 2.32. The summed E-state index contributed by atoms with van der Waals surface area (Å²) < 4.78 is 14.0. The lowest BCUT2D eigenvalue weighted by Crippen LogP contribution is -2.50. The first-order valence-corrected chi connectivity index (χ1v) is 12.8. The van der Waals surface area contributed by atoms with Gasteiger partial charge in [-0.25, -0.2) is 0 Å². The Morgan fingerprint density at radius 1 is 1.11 bits per heavy atom. The van der Waals surface area contributed by atoms with Gasteiger partial charge in [0, 0.05) is 25.7 Å². The Kier molecular flexibility index (Phi) is 24.7. The first kappa shape index (κ1) is 38.3. The first-order chi connectivity index (χ1) is 16.8. The number of piperidine rings is 1. The largest absolute Gasteiger partial charge is 0.469 e. The van der Waals surface area contributed by atoms with Gasteiger partial charge in [-0.2, -0.15) is 0 Å². The molecule has 0 N–H and O–H groups in total. The maximum Gasteiger partial charge on any atom is 0.310 e. The fourth-order valence-corrected chi connectivity index (χ4v) is 3.39. The van der Waals surface area contributed by atoms with E-state index in [1.165, 1.54) is 7.11 Å². The summed E-state index contributed by atoms with van der Waals surface area (Å²) in [5, 5.41) is 0. The summed E-state index contributed by atoms with van der Waals surface area (Å²) in [5.74, 6) is 0.613. The quantitative estimate of drug-likeness (QED) is 0.189. The number of carbonyl (C=O) groups excluding carboxylic acids is 3. The van der Waals surface area contributed by atoms with E-state index in [9.17, 15) is 14.4 Å². The molecule has 1 saturated heterocycles. The molecule has 1 aliphatic rings. The first-order valence-electron chi connectivity index (χ1n) is 12.8. The molecule has 0 spiro atoms. The summed E-state index contributed by atoms with van der Waals surface area (Å²) in [6.07, 6.45) is 6.64. The van der Waals surface area contributed by atoms with E-state index in [0.29, 0.717) is 31.5 Å². The summed E-state index contributed by atoms with van der Waals surface area (Å²) in [7, 11) is 5.70. The van der Waals surface area contributed by atoms with E-state index >= 15 is 0 Å². The molecule has 0 amide bonds. The molecule has 212 valence electrons. The topological polar surface area (TPSA) is 85.4 Å². The number of ether oxygens (including phenoxy) is 3. The van der Waals surface area contributed by atoms with Crippen molar-refractivity contribution in [2.24, 2.45) is 11.8 Å². The molecule has 8 heteroatoms. The Morgan fingerprint density at radius 2 is 1.69 bits per heavy atom. The summed E-state index contributed by atoms with van der Waals surface area (Å²) >= 11 is 0. The van der Waals surface area contributed by atoms with Crippen LogP contribution in [-0.2, 0) is 28.6 Å². The Hall–Kier alpha value is -2.19. The highest BCUT2D eigenvalue weighted by atomic mass is 16.5. The lowest BCUT2D eigenvalue weighted by Gasteiger charge is -2.39. The average Bonchev–Trinajstić information content (AvgIpc) is 2.81. The van der Waals surface area contributed by atoms with Gasteiger partial charge in [-0.3, -0.25) is 14.4 Å². The van der Waals surface area contributed by atoms with Gasteiger partial charge in [0.05, 0.1) is 13.0 Å². The van der Waals surface area contributed by atoms with Crippen molar-refractivity contribution in [1.82, 2.24) is 9.80 Å². The van der Waals surface area contributed by atoms with Gasteiger partial charge < -0.3 is 24.0 Å². The van der Waals surface area contributed by atoms with Crippen LogP contribution in [0.3, 0.4) is 0 Å². The highest BCUT2D eigenvalue weighted by molar-refractivity contribution is 5.72. The molecular formula is C28H54N2O6. The van der Waals surface area contributed by atoms with E-state index in [0.717, 1.165) is 31.6 Å². The van der Waals surface area contributed by atoms with Crippen LogP contribution in [0.1, 0.15) is 68.7 Å². The molecular weight excluding hydrogens is 460 g/mol. The van der Waals surface area contributed by atoms with Gasteiger partial charge in [-0.15, -0.1) is 0 Å². The number of nitrogens with zero attached hydrogens (tertiary/aromatic N) is 2. The van der Waals surface area contributed by atoms with Crippen LogP contribution < -0.4 is 0 Å². The van der Waals surface area contributed by atoms with E-state index in [1.807, 2.05) is 66.7 Å². The monoisotopic (exact) mass is 514 g/mol. The van der Waals surface area contributed by atoms with E-state index in [-0.39, 0.29) is 17.5 Å². The number of esters is 1. The average molecular weight is 515 g/mol. The fourth-order valence-electron chi connectivity index (χ4n) is 3.39. The van der Waals surface area contributed by atoms with Gasteiger partial charge in [0.2, 0.25) is 0 Å². The Labute approximate surface area is 221 Å². The number of rotatable bonds is 9. The Morgan fingerprint density at radius 3 is 2.06 bits per heavy atom. The van der Waals surface area contributed by atoms with Crippen molar-refractivity contribution >= 4 is 18.9 Å². The van der Waals surface area contributed by atoms with Gasteiger partial charge in [-0.05, 0) is 66.6 Å². The lowest BCUT2D eigenvalue weighted by molar-refractivity contribution is -0.148. The van der Waals surface area contributed by atoms with E-state index < -0.39 is 0 Å². The van der Waals surface area contributed by atoms with Crippen LogP contribution in [0.25, 0.3) is 0 Å². The molecule has 2 unspecified atom stereocenters. The van der Waals surface area contributed by atoms with Crippen LogP contribution in [0.5, 0.6) is 0 Å². The molecule has 36 heavy (non-hydrogen) atoms. The van der Waals surface area contributed by atoms with Gasteiger partial charge >= 0.3 is 5.97 Å². The maximum atomic E-state index is 11.6. The predicted octanol–water partition coefficient (Wildman–Crippen LogP) is 4.73. The van der Waals surface area contributed by atoms with Crippen molar-refractivity contribution in [2.75, 3.05) is 47.4 Å². The molecule has 8 nitrogen and oxygen atoms in total. The SMILES string of the molecule is C/C=C\C(=C/C)COC=O.CC.CC(C)(C)OC=O.COC(=O)C1CC(N(C)CC(C)C)CN(C)C1. The number of allylic oxidation sites excluding steroid dienone is 2. The molecule has 1 rings (SSSR count). The number of likely N-dealkylation sites (tertiary alicyclic amines) is 1. The van der Waals surface area contributed by atoms with Crippen LogP contribution in [-0.4, -0.2) is 87.8 Å². The van der Waals surface area contributed by atoms with Crippen molar-refractivity contribution in [3.05, 3.63) is 23.8 Å². The van der Waals surface area contributed by atoms with E-state index in [2.05, 4.69) is 47.2 Å². The van der Waals surface area contributed by atoms with Crippen LogP contribution in [0.4, 0.5) is 0 Å². The molecule has 0 aromatic carbocycles. The van der Waals surface area contributed by atoms with Crippen LogP contribution >= 0.6 is 0 Å². The van der Waals surface area contributed by atoms with Crippen molar-refractivity contribution < 1.29 is 28.6 Å². The Bertz CT molecular complexity index is 626. The smallest absolute Gasteiger partial charge is 0.310 e. The molecule has 0 aromatic heterocycles. The zero-order valence-electron chi connectivity index (χ0n) is 25.0. The maximum absolute atomic E-state index is 11.6. The van der Waals surface area contributed by atoms with Gasteiger partial charge in [0.25, 0.3) is 12.9 Å². The zero-order valence-corrected chi connectivity index (χ0v) is 25.0. The zero-order chi connectivity index (χ0) is 28.7. The highest BCUT2D eigenvalue weighted by Crippen LogP contribution is 2.21. The molecule has 0 aliphatic carbocycles. The lowest BCUT2D eigenvalue weighted by atomic mass is 9.93. The number of carbonyl (C=O) groups is 3. The van der Waals surface area contributed by atoms with Crippen molar-refractivity contribution in [2.45, 2.75) is 80.4 Å². The number of likely N-dealkylation sites (N-methyl/N-ethyl adjacent to an activating group) is 2. The number of hydrogen-bond acceptors (Lipinski definition) is 8. The van der Waals surface area contributed by atoms with E-state index in [4.69, 9.17) is 4.74 Å². The summed E-state index contributed by atoms with van der Waals surface area (Å²) in [6.45, 7) is 21.9. The third kappa shape index (κ3) is 22.3. The second-order valence-corrected chi connectivity index (χ2v) is 9.76. The second kappa shape index (κ2) is 23.2. The van der Waals surface area contributed by atoms with Crippen LogP contribution in [0.2, 0.25) is 0 Å². The third-order valence-corrected chi connectivity index (χ3v) is 4.89. The minimum absolute atomic E-state index is 0.0263. The minimum atomic E-state index is -0.318. The van der Waals surface area contributed by atoms with Crippen molar-refractivity contribution in [3.8, 4) is 0 Å². The van der Waals surface area contributed by atoms with Gasteiger partial charge in [0.1, 0.15) is 12.2 Å². The minimum Gasteiger partial charge on any atom is -0.469 e. The molecule has 2 atom stereocenters. The number of hydrogen-bond donors (Lipinski definition) is 0. The van der Waals surface area contributed by atoms with Crippen LogP contribution in [0, 0.1) is 11.8 Å². The molecule has 0 bridgehead atoms. The van der Waals surface area contributed by atoms with Gasteiger partial charge in [-0.1, -0.05) is 45.9 Å². The summed E-state index contributed by atoms with van der Waals surface area (Å²) in [6, 6.07) is 0.459. The van der Waals surface area contributed by atoms with Crippen molar-refractivity contribution in [3.63, 3.8) is 0 Å². The molecule has 0 saturated carbocycles. The van der Waals surface area contributed by atoms with Crippen LogP contribution in [0.15, 0.2) is 23.8 Å². The summed E-state index contributed by atoms with van der Waals surface area (Å²) in [5.41, 5.74) is 0.691. The predicted molar refractivity (Wildman–Crippen MR) is 148 cm³/mol. The molecule has 1 fully saturated rings. The fraction of sp³-hybridized carbons (Fsp3) is 0.750. The van der Waals surface area contributed by atoms with E-state index in [1.54, 1.807) is 0 Å². The summed E-state index contributed by atoms with van der Waals surface area (Å²) in [4.78, 5) is 35.6. The standard InChI is InChI=1S/C13H26N2O2.C8H12O2.C5H10O2.C2H6/c1-10(2)7-15(4)12-6-11(13(16)17-5)8-14(3)9-12;1-3-5-8(4-2)6-10-7-9;1-5(2,3)7-4-6;1-2/h10-12H,6-9H2,1-5H3;3-5,7H,6H2,1-2H3;4H,1-3H3;1-2H3/b;5-3-,8-4+;;. The molecule has 0 radical (unpaired) electrons. The number of methoxy groups -OCH3 is 1. The third-order valence-electron chi connectivity index (χ3n) is 4.89. The normalized spacial score (nSPS) is 18.1. The molecule has 1 heterocycles. The Balaban J connectivity index is -0.000000487.